The van der Waals surface area contributed by atoms with Crippen LogP contribution in [0.1, 0.15) is 33.2 Å². The summed E-state index contributed by atoms with van der Waals surface area (Å²) in [6, 6.07) is 21.6. The molecule has 2 aromatic carbocycles. The van der Waals surface area contributed by atoms with E-state index < -0.39 is 20.0 Å². The molecule has 0 bridgehead atoms. The molecule has 7 heteroatoms. The minimum absolute atomic E-state index is 0.130. The fraction of sp³-hybridized carbons (Fsp3) is 0.308. The van der Waals surface area contributed by atoms with E-state index in [1.54, 1.807) is 6.08 Å². The number of nitrogens with zero attached hydrogens (tertiary/aromatic N) is 2. The summed E-state index contributed by atoms with van der Waals surface area (Å²) in [5.74, 6) is -0.356. The van der Waals surface area contributed by atoms with Crippen LogP contribution >= 0.6 is 0 Å². The zero-order valence-corrected chi connectivity index (χ0v) is 20.2. The normalized spacial score (nSPS) is 18.8. The van der Waals surface area contributed by atoms with E-state index in [4.69, 9.17) is 10.2 Å². The molecule has 1 heterocycles. The van der Waals surface area contributed by atoms with Crippen molar-refractivity contribution >= 4 is 24.5 Å². The van der Waals surface area contributed by atoms with Crippen molar-refractivity contribution in [1.82, 2.24) is 9.55 Å². The first-order valence-corrected chi connectivity index (χ1v) is 13.1. The summed E-state index contributed by atoms with van der Waals surface area (Å²) < 4.78 is 23.1. The Bertz CT molecular complexity index is 1150. The predicted molar refractivity (Wildman–Crippen MR) is 133 cm³/mol. The molecule has 1 aromatic heterocycles. The van der Waals surface area contributed by atoms with Gasteiger partial charge in [-0.25, -0.2) is 9.18 Å². The third-order valence-corrected chi connectivity index (χ3v) is 11.4. The average molecular weight is 464 g/mol. The van der Waals surface area contributed by atoms with Crippen LogP contribution in [-0.4, -0.2) is 24.5 Å². The largest absolute Gasteiger partial charge is 0.407 e. The maximum absolute atomic E-state index is 14.9. The molecule has 0 aliphatic heterocycles. The third kappa shape index (κ3) is 4.43. The number of aromatic nitrogens is 2. The van der Waals surface area contributed by atoms with Gasteiger partial charge in [0, 0.05) is 18.7 Å². The number of nitrogens with two attached hydrogens (primary N) is 1. The second-order valence-electron chi connectivity index (χ2n) is 9.58. The fourth-order valence-electron chi connectivity index (χ4n) is 4.82. The van der Waals surface area contributed by atoms with Crippen LogP contribution in [0.3, 0.4) is 0 Å². The van der Waals surface area contributed by atoms with Crippen LogP contribution in [-0.2, 0) is 4.43 Å². The molecule has 0 saturated heterocycles. The van der Waals surface area contributed by atoms with Crippen LogP contribution in [0.25, 0.3) is 0 Å². The number of hydrogen-bond acceptors (Lipinski definition) is 4. The van der Waals surface area contributed by atoms with Crippen molar-refractivity contribution in [3.8, 4) is 0 Å². The van der Waals surface area contributed by atoms with E-state index in [1.807, 2.05) is 36.4 Å². The van der Waals surface area contributed by atoms with Crippen LogP contribution in [0, 0.1) is 5.92 Å². The summed E-state index contributed by atoms with van der Waals surface area (Å²) in [6.45, 7) is 7.01. The topological polar surface area (TPSA) is 70.1 Å². The Kier molecular flexibility index (Phi) is 6.36. The molecule has 5 nitrogen and oxygen atoms in total. The Labute approximate surface area is 194 Å². The molecule has 0 unspecified atom stereocenters. The van der Waals surface area contributed by atoms with Crippen LogP contribution < -0.4 is 21.8 Å². The first-order valence-electron chi connectivity index (χ1n) is 11.2. The molecule has 0 fully saturated rings. The van der Waals surface area contributed by atoms with Gasteiger partial charge in [0.2, 0.25) is 0 Å². The molecule has 2 atom stereocenters. The third-order valence-electron chi connectivity index (χ3n) is 6.36. The van der Waals surface area contributed by atoms with Gasteiger partial charge in [-0.15, -0.1) is 0 Å². The van der Waals surface area contributed by atoms with Crippen LogP contribution in [0.15, 0.2) is 89.6 Å². The molecule has 2 N–H and O–H groups in total. The van der Waals surface area contributed by atoms with Crippen molar-refractivity contribution in [3.63, 3.8) is 0 Å². The maximum Gasteiger partial charge on any atom is 0.350 e. The molecule has 1 aliphatic carbocycles. The number of rotatable bonds is 6. The van der Waals surface area contributed by atoms with Gasteiger partial charge < -0.3 is 10.2 Å². The van der Waals surface area contributed by atoms with Gasteiger partial charge in [0.15, 0.2) is 0 Å². The van der Waals surface area contributed by atoms with Gasteiger partial charge in [0.1, 0.15) is 11.6 Å². The molecule has 0 saturated carbocycles. The van der Waals surface area contributed by atoms with Gasteiger partial charge in [-0.3, -0.25) is 4.57 Å². The van der Waals surface area contributed by atoms with Gasteiger partial charge in [-0.1, -0.05) is 81.4 Å². The highest BCUT2D eigenvalue weighted by atomic mass is 28.4. The average Bonchev–Trinajstić information content (AvgIpc) is 3.15. The molecular weight excluding hydrogens is 433 g/mol. The first-order chi connectivity index (χ1) is 15.7. The molecule has 1 aliphatic rings. The van der Waals surface area contributed by atoms with Crippen molar-refractivity contribution < 1.29 is 8.82 Å². The van der Waals surface area contributed by atoms with Crippen molar-refractivity contribution in [2.45, 2.75) is 38.3 Å². The second kappa shape index (κ2) is 9.07. The van der Waals surface area contributed by atoms with Crippen molar-refractivity contribution in [1.29, 1.82) is 0 Å². The van der Waals surface area contributed by atoms with E-state index in [2.05, 4.69) is 50.0 Å². The van der Waals surface area contributed by atoms with Crippen LogP contribution in [0.4, 0.5) is 10.2 Å². The van der Waals surface area contributed by atoms with E-state index in [0.29, 0.717) is 13.0 Å². The van der Waals surface area contributed by atoms with Gasteiger partial charge in [-0.2, -0.15) is 4.98 Å². The van der Waals surface area contributed by atoms with Gasteiger partial charge in [-0.05, 0) is 34.0 Å². The van der Waals surface area contributed by atoms with E-state index in [9.17, 15) is 9.18 Å². The number of anilines is 1. The Morgan fingerprint density at radius 3 is 2.15 bits per heavy atom. The van der Waals surface area contributed by atoms with Gasteiger partial charge in [0.05, 0.1) is 6.04 Å². The number of benzene rings is 2. The number of halogens is 1. The van der Waals surface area contributed by atoms with E-state index in [-0.39, 0.29) is 22.6 Å². The quantitative estimate of drug-likeness (QED) is 0.565. The lowest BCUT2D eigenvalue weighted by Crippen LogP contribution is -2.66. The van der Waals surface area contributed by atoms with E-state index in [0.717, 1.165) is 0 Å². The first kappa shape index (κ1) is 23.1. The van der Waals surface area contributed by atoms with E-state index >= 15 is 0 Å². The zero-order valence-electron chi connectivity index (χ0n) is 19.2. The van der Waals surface area contributed by atoms with Gasteiger partial charge in [0.25, 0.3) is 8.32 Å². The monoisotopic (exact) mass is 463 g/mol. The van der Waals surface area contributed by atoms with Crippen molar-refractivity contribution in [2.24, 2.45) is 5.92 Å². The maximum atomic E-state index is 14.9. The smallest absolute Gasteiger partial charge is 0.350 e. The standard InChI is InChI=1S/C26H30FN3O2Si/c1-26(2,3)33(20-10-6-4-7-11-20,21-12-8-5-9-13-21)32-18-19-16-22(27)23(17-19)30-15-14-24(28)29-25(30)31/h4-16,19,23H,17-18H2,1-3H3,(H2,28,29,31)/t19-,23-/m1/s1. The Balaban J connectivity index is 1.65. The van der Waals surface area contributed by atoms with Crippen LogP contribution in [0.2, 0.25) is 5.04 Å². The summed E-state index contributed by atoms with van der Waals surface area (Å²) in [5, 5.41) is 2.21. The molecule has 0 amide bonds. The summed E-state index contributed by atoms with van der Waals surface area (Å²) in [6.07, 6.45) is 3.54. The molecule has 3 aromatic rings. The lowest BCUT2D eigenvalue weighted by molar-refractivity contribution is 0.249. The fourth-order valence-corrected chi connectivity index (χ4v) is 9.44. The molecular formula is C26H30FN3O2Si. The molecule has 33 heavy (non-hydrogen) atoms. The highest BCUT2D eigenvalue weighted by molar-refractivity contribution is 6.99. The summed E-state index contributed by atoms with van der Waals surface area (Å²) >= 11 is 0. The minimum atomic E-state index is -2.71. The predicted octanol–water partition coefficient (Wildman–Crippen LogP) is 3.82. The Morgan fingerprint density at radius 1 is 1.06 bits per heavy atom. The molecule has 172 valence electrons. The summed E-state index contributed by atoms with van der Waals surface area (Å²) in [7, 11) is -2.71. The summed E-state index contributed by atoms with van der Waals surface area (Å²) in [5.41, 5.74) is 5.04. The molecule has 0 spiro atoms. The summed E-state index contributed by atoms with van der Waals surface area (Å²) in [4.78, 5) is 16.0. The van der Waals surface area contributed by atoms with Crippen molar-refractivity contribution in [2.75, 3.05) is 12.3 Å². The minimum Gasteiger partial charge on any atom is -0.407 e. The van der Waals surface area contributed by atoms with Crippen LogP contribution in [0.5, 0.6) is 0 Å². The highest BCUT2D eigenvalue weighted by Crippen LogP contribution is 2.39. The Morgan fingerprint density at radius 2 is 1.64 bits per heavy atom. The highest BCUT2D eigenvalue weighted by Gasteiger charge is 2.50. The zero-order chi connectivity index (χ0) is 23.6. The molecule has 0 radical (unpaired) electrons. The van der Waals surface area contributed by atoms with Gasteiger partial charge >= 0.3 is 5.69 Å². The number of hydrogen-bond donors (Lipinski definition) is 1. The molecule has 4 rings (SSSR count). The van der Waals surface area contributed by atoms with Crippen molar-refractivity contribution in [3.05, 3.63) is 95.3 Å². The number of nitrogen functional groups attached to an aromatic ring is 1. The lowest BCUT2D eigenvalue weighted by atomic mass is 10.1. The second-order valence-corrected chi connectivity index (χ2v) is 13.9. The SMILES string of the molecule is CC(C)(C)[Si](OC[C@@H]1C=C(F)[C@H](n2ccc(N)nc2=O)C1)(c1ccccc1)c1ccccc1. The Hall–Kier alpha value is -3.03. The van der Waals surface area contributed by atoms with E-state index in [1.165, 1.54) is 27.2 Å². The lowest BCUT2D eigenvalue weighted by Gasteiger charge is -2.43. The number of allylic oxidation sites excluding steroid dienone is 1.